The minimum atomic E-state index is -0.325. The number of H-pyrrole nitrogens is 1. The van der Waals surface area contributed by atoms with Crippen molar-refractivity contribution in [3.8, 4) is 0 Å². The van der Waals surface area contributed by atoms with Crippen molar-refractivity contribution in [3.63, 3.8) is 0 Å². The fraction of sp³-hybridized carbons (Fsp3) is 0.522. The lowest BCUT2D eigenvalue weighted by molar-refractivity contribution is 0.0974. The highest BCUT2D eigenvalue weighted by atomic mass is 16.6. The maximum atomic E-state index is 12.0. The Bertz CT molecular complexity index is 1080. The molecule has 9 nitrogen and oxygen atoms in total. The number of aromatic amines is 1. The Morgan fingerprint density at radius 1 is 1.38 bits per heavy atom. The van der Waals surface area contributed by atoms with Gasteiger partial charge in [0.1, 0.15) is 6.10 Å². The molecule has 32 heavy (non-hydrogen) atoms. The smallest absolute Gasteiger partial charge is 0.407 e. The van der Waals surface area contributed by atoms with Gasteiger partial charge in [-0.1, -0.05) is 19.1 Å². The number of methoxy groups -OCH3 is 1. The average molecular weight is 441 g/mol. The first-order chi connectivity index (χ1) is 15.5. The second kappa shape index (κ2) is 9.60. The highest BCUT2D eigenvalue weighted by Gasteiger charge is 2.30. The molecule has 3 atom stereocenters. The van der Waals surface area contributed by atoms with Gasteiger partial charge in [0.2, 0.25) is 0 Å². The second-order valence-corrected chi connectivity index (χ2v) is 8.53. The van der Waals surface area contributed by atoms with Crippen molar-refractivity contribution in [1.29, 1.82) is 0 Å². The van der Waals surface area contributed by atoms with Gasteiger partial charge in [-0.15, -0.1) is 0 Å². The molecule has 9 heteroatoms. The lowest BCUT2D eigenvalue weighted by Crippen LogP contribution is -2.34. The topological polar surface area (TPSA) is 106 Å². The van der Waals surface area contributed by atoms with E-state index in [4.69, 9.17) is 9.47 Å². The predicted molar refractivity (Wildman–Crippen MR) is 123 cm³/mol. The van der Waals surface area contributed by atoms with Crippen LogP contribution in [0.1, 0.15) is 56.8 Å². The molecule has 3 aromatic rings. The largest absolute Gasteiger partial charge is 0.446 e. The SMILES string of the molecule is CCC(C)NC(=O)OC1CCC(c2cc(Nc3cccc4c(COC)nn(C)c34)n[nH]2)C1. The zero-order valence-electron chi connectivity index (χ0n) is 19.1. The van der Waals surface area contributed by atoms with E-state index >= 15 is 0 Å². The van der Waals surface area contributed by atoms with E-state index in [-0.39, 0.29) is 18.2 Å². The summed E-state index contributed by atoms with van der Waals surface area (Å²) in [6.45, 7) is 4.48. The molecule has 0 aliphatic heterocycles. The summed E-state index contributed by atoms with van der Waals surface area (Å²) in [5, 5.41) is 19.5. The van der Waals surface area contributed by atoms with Crippen molar-refractivity contribution in [3.05, 3.63) is 35.7 Å². The summed E-state index contributed by atoms with van der Waals surface area (Å²) < 4.78 is 12.7. The third-order valence-corrected chi connectivity index (χ3v) is 6.16. The summed E-state index contributed by atoms with van der Waals surface area (Å²) in [6, 6.07) is 8.23. The molecule has 1 amide bonds. The third kappa shape index (κ3) is 4.72. The number of alkyl carbamates (subject to hydrolysis) is 1. The summed E-state index contributed by atoms with van der Waals surface area (Å²) in [4.78, 5) is 12.0. The number of ether oxygens (including phenoxy) is 2. The van der Waals surface area contributed by atoms with E-state index in [2.05, 4.69) is 25.9 Å². The summed E-state index contributed by atoms with van der Waals surface area (Å²) in [5.74, 6) is 1.04. The van der Waals surface area contributed by atoms with Gasteiger partial charge in [-0.3, -0.25) is 9.78 Å². The molecule has 1 aromatic carbocycles. The Kier molecular flexibility index (Phi) is 6.64. The maximum Gasteiger partial charge on any atom is 0.407 e. The molecule has 1 aliphatic carbocycles. The van der Waals surface area contributed by atoms with Crippen molar-refractivity contribution < 1.29 is 14.3 Å². The van der Waals surface area contributed by atoms with Crippen LogP contribution in [0.3, 0.4) is 0 Å². The minimum Gasteiger partial charge on any atom is -0.446 e. The molecule has 2 heterocycles. The molecule has 3 N–H and O–H groups in total. The molecule has 4 rings (SSSR count). The summed E-state index contributed by atoms with van der Waals surface area (Å²) in [5.41, 5.74) is 3.90. The third-order valence-electron chi connectivity index (χ3n) is 6.16. The van der Waals surface area contributed by atoms with Crippen molar-refractivity contribution in [1.82, 2.24) is 25.3 Å². The average Bonchev–Trinajstić information content (AvgIpc) is 3.48. The minimum absolute atomic E-state index is 0.0637. The Hall–Kier alpha value is -3.07. The fourth-order valence-electron chi connectivity index (χ4n) is 4.32. The second-order valence-electron chi connectivity index (χ2n) is 8.53. The lowest BCUT2D eigenvalue weighted by atomic mass is 10.0. The van der Waals surface area contributed by atoms with Crippen LogP contribution in [0.4, 0.5) is 16.3 Å². The van der Waals surface area contributed by atoms with Crippen molar-refractivity contribution in [2.24, 2.45) is 7.05 Å². The first kappa shape index (κ1) is 22.1. The number of hydrogen-bond donors (Lipinski definition) is 3. The molecule has 172 valence electrons. The van der Waals surface area contributed by atoms with Crippen LogP contribution >= 0.6 is 0 Å². The molecule has 1 saturated carbocycles. The first-order valence-corrected chi connectivity index (χ1v) is 11.2. The number of hydrogen-bond acceptors (Lipinski definition) is 6. The van der Waals surface area contributed by atoms with Crippen LogP contribution in [0.15, 0.2) is 24.3 Å². The Balaban J connectivity index is 1.41. The molecule has 1 fully saturated rings. The van der Waals surface area contributed by atoms with Gasteiger partial charge >= 0.3 is 6.09 Å². The molecule has 0 radical (unpaired) electrons. The van der Waals surface area contributed by atoms with E-state index in [0.29, 0.717) is 12.5 Å². The van der Waals surface area contributed by atoms with Crippen LogP contribution < -0.4 is 10.6 Å². The van der Waals surface area contributed by atoms with E-state index in [1.54, 1.807) is 7.11 Å². The van der Waals surface area contributed by atoms with Gasteiger partial charge in [0.15, 0.2) is 5.82 Å². The molecule has 2 aromatic heterocycles. The Labute approximate surface area is 187 Å². The van der Waals surface area contributed by atoms with Crippen LogP contribution in [0.5, 0.6) is 0 Å². The molecule has 0 bridgehead atoms. The number of aryl methyl sites for hydroxylation is 1. The van der Waals surface area contributed by atoms with E-state index in [9.17, 15) is 4.79 Å². The number of nitrogens with zero attached hydrogens (tertiary/aromatic N) is 3. The number of aromatic nitrogens is 4. The summed E-state index contributed by atoms with van der Waals surface area (Å²) in [7, 11) is 3.60. The van der Waals surface area contributed by atoms with Crippen molar-refractivity contribution in [2.45, 2.75) is 64.2 Å². The zero-order valence-corrected chi connectivity index (χ0v) is 19.1. The number of benzene rings is 1. The predicted octanol–water partition coefficient (Wildman–Crippen LogP) is 4.35. The van der Waals surface area contributed by atoms with Gasteiger partial charge in [-0.05, 0) is 38.7 Å². The number of amides is 1. The van der Waals surface area contributed by atoms with Crippen molar-refractivity contribution >= 4 is 28.5 Å². The van der Waals surface area contributed by atoms with E-state index < -0.39 is 0 Å². The highest BCUT2D eigenvalue weighted by molar-refractivity contribution is 5.94. The number of nitrogens with one attached hydrogen (secondary N) is 3. The van der Waals surface area contributed by atoms with E-state index in [1.807, 2.05) is 49.8 Å². The maximum absolute atomic E-state index is 12.0. The molecule has 3 unspecified atom stereocenters. The Morgan fingerprint density at radius 3 is 3.00 bits per heavy atom. The standard InChI is InChI=1S/C23H32N6O3/c1-5-14(2)24-23(30)32-16-10-9-15(11-16)19-12-21(27-26-19)25-18-8-6-7-17-20(13-31-4)28-29(3)22(17)18/h6-8,12,14-16H,5,9-11,13H2,1-4H3,(H,24,30)(H2,25,26,27). The van der Waals surface area contributed by atoms with Gasteiger partial charge < -0.3 is 20.1 Å². The molecular formula is C23H32N6O3. The molecule has 0 saturated heterocycles. The normalized spacial score (nSPS) is 19.2. The Morgan fingerprint density at radius 2 is 2.22 bits per heavy atom. The number of rotatable bonds is 8. The number of fused-ring (bicyclic) bond motifs is 1. The number of anilines is 2. The van der Waals surface area contributed by atoms with Crippen LogP contribution in [0.25, 0.3) is 10.9 Å². The van der Waals surface area contributed by atoms with Crippen LogP contribution in [0.2, 0.25) is 0 Å². The number of carbonyl (C=O) groups excluding carboxylic acids is 1. The van der Waals surface area contributed by atoms with Gasteiger partial charge in [-0.25, -0.2) is 4.79 Å². The van der Waals surface area contributed by atoms with Gasteiger partial charge in [0.05, 0.1) is 23.5 Å². The molecular weight excluding hydrogens is 408 g/mol. The van der Waals surface area contributed by atoms with Gasteiger partial charge in [0, 0.05) is 43.3 Å². The number of carbonyl (C=O) groups is 1. The quantitative estimate of drug-likeness (QED) is 0.481. The highest BCUT2D eigenvalue weighted by Crippen LogP contribution is 2.36. The number of para-hydroxylation sites is 1. The van der Waals surface area contributed by atoms with Crippen LogP contribution in [-0.2, 0) is 23.1 Å². The summed E-state index contributed by atoms with van der Waals surface area (Å²) in [6.07, 6.45) is 3.11. The molecule has 0 spiro atoms. The lowest BCUT2D eigenvalue weighted by Gasteiger charge is -2.16. The van der Waals surface area contributed by atoms with Gasteiger partial charge in [0.25, 0.3) is 0 Å². The zero-order chi connectivity index (χ0) is 22.7. The fourth-order valence-corrected chi connectivity index (χ4v) is 4.32. The van der Waals surface area contributed by atoms with E-state index in [0.717, 1.165) is 59.5 Å². The first-order valence-electron chi connectivity index (χ1n) is 11.2. The van der Waals surface area contributed by atoms with E-state index in [1.165, 1.54) is 0 Å². The van der Waals surface area contributed by atoms with Crippen molar-refractivity contribution in [2.75, 3.05) is 12.4 Å². The van der Waals surface area contributed by atoms with Gasteiger partial charge in [-0.2, -0.15) is 10.2 Å². The van der Waals surface area contributed by atoms with Crippen LogP contribution in [0, 0.1) is 0 Å². The van der Waals surface area contributed by atoms with Crippen LogP contribution in [-0.4, -0.2) is 45.3 Å². The molecule has 1 aliphatic rings. The summed E-state index contributed by atoms with van der Waals surface area (Å²) >= 11 is 0. The monoisotopic (exact) mass is 440 g/mol.